The standard InChI is InChI=1S/C14H14FNOS/c1-10-6-7-18-13(10)9-16-14(17)8-11-4-2-3-5-12(11)15/h2-7H,8-9H2,1H3,(H,16,17). The molecule has 1 amide bonds. The Morgan fingerprint density at radius 2 is 2.11 bits per heavy atom. The van der Waals surface area contributed by atoms with Gasteiger partial charge in [-0.1, -0.05) is 18.2 Å². The third kappa shape index (κ3) is 3.17. The van der Waals surface area contributed by atoms with Crippen molar-refractivity contribution in [1.29, 1.82) is 0 Å². The van der Waals surface area contributed by atoms with E-state index in [4.69, 9.17) is 0 Å². The van der Waals surface area contributed by atoms with Crippen LogP contribution in [-0.4, -0.2) is 5.91 Å². The number of thiophene rings is 1. The summed E-state index contributed by atoms with van der Waals surface area (Å²) in [6.45, 7) is 2.52. The van der Waals surface area contributed by atoms with Gasteiger partial charge >= 0.3 is 0 Å². The summed E-state index contributed by atoms with van der Waals surface area (Å²) >= 11 is 1.61. The fourth-order valence-corrected chi connectivity index (χ4v) is 2.49. The van der Waals surface area contributed by atoms with Gasteiger partial charge in [0.1, 0.15) is 5.82 Å². The van der Waals surface area contributed by atoms with E-state index >= 15 is 0 Å². The summed E-state index contributed by atoms with van der Waals surface area (Å²) in [5, 5.41) is 4.80. The number of amides is 1. The molecule has 0 aliphatic heterocycles. The van der Waals surface area contributed by atoms with Crippen molar-refractivity contribution >= 4 is 17.2 Å². The number of carbonyl (C=O) groups excluding carboxylic acids is 1. The molecule has 1 N–H and O–H groups in total. The van der Waals surface area contributed by atoms with E-state index in [1.54, 1.807) is 29.5 Å². The minimum absolute atomic E-state index is 0.0805. The predicted molar refractivity (Wildman–Crippen MR) is 71.0 cm³/mol. The third-order valence-electron chi connectivity index (χ3n) is 2.72. The van der Waals surface area contributed by atoms with Gasteiger partial charge in [0, 0.05) is 4.88 Å². The van der Waals surface area contributed by atoms with Crippen molar-refractivity contribution in [3.63, 3.8) is 0 Å². The number of hydrogen-bond donors (Lipinski definition) is 1. The lowest BCUT2D eigenvalue weighted by Crippen LogP contribution is -2.24. The third-order valence-corrected chi connectivity index (χ3v) is 3.75. The lowest BCUT2D eigenvalue weighted by Gasteiger charge is -2.05. The van der Waals surface area contributed by atoms with Gasteiger partial charge in [-0.25, -0.2) is 4.39 Å². The molecule has 0 aliphatic carbocycles. The Morgan fingerprint density at radius 1 is 1.33 bits per heavy atom. The Kier molecular flexibility index (Phi) is 4.10. The molecule has 0 spiro atoms. The summed E-state index contributed by atoms with van der Waals surface area (Å²) < 4.78 is 13.3. The van der Waals surface area contributed by atoms with Crippen LogP contribution in [0.5, 0.6) is 0 Å². The van der Waals surface area contributed by atoms with Crippen LogP contribution in [0, 0.1) is 12.7 Å². The van der Waals surface area contributed by atoms with Gasteiger partial charge < -0.3 is 5.32 Å². The zero-order valence-electron chi connectivity index (χ0n) is 10.1. The Morgan fingerprint density at radius 3 is 2.78 bits per heavy atom. The van der Waals surface area contributed by atoms with Crippen LogP contribution in [0.1, 0.15) is 16.0 Å². The SMILES string of the molecule is Cc1ccsc1CNC(=O)Cc1ccccc1F. The van der Waals surface area contributed by atoms with Gasteiger partial charge in [-0.15, -0.1) is 11.3 Å². The van der Waals surface area contributed by atoms with Gasteiger partial charge in [0.25, 0.3) is 0 Å². The van der Waals surface area contributed by atoms with Crippen molar-refractivity contribution in [1.82, 2.24) is 5.32 Å². The number of rotatable bonds is 4. The highest BCUT2D eigenvalue weighted by molar-refractivity contribution is 7.10. The van der Waals surface area contributed by atoms with Crippen LogP contribution in [0.4, 0.5) is 4.39 Å². The number of carbonyl (C=O) groups is 1. The second kappa shape index (κ2) is 5.78. The van der Waals surface area contributed by atoms with E-state index in [-0.39, 0.29) is 18.1 Å². The van der Waals surface area contributed by atoms with Crippen molar-refractivity contribution < 1.29 is 9.18 Å². The second-order valence-corrected chi connectivity index (χ2v) is 5.07. The Hall–Kier alpha value is -1.68. The first-order chi connectivity index (χ1) is 8.66. The molecule has 18 heavy (non-hydrogen) atoms. The van der Waals surface area contributed by atoms with E-state index in [0.717, 1.165) is 4.88 Å². The quantitative estimate of drug-likeness (QED) is 0.902. The largest absolute Gasteiger partial charge is 0.351 e. The molecule has 0 bridgehead atoms. The molecule has 0 atom stereocenters. The molecule has 0 aliphatic rings. The van der Waals surface area contributed by atoms with Gasteiger partial charge in [0.05, 0.1) is 13.0 Å². The number of aryl methyl sites for hydroxylation is 1. The van der Waals surface area contributed by atoms with Crippen LogP contribution in [0.25, 0.3) is 0 Å². The summed E-state index contributed by atoms with van der Waals surface area (Å²) in [5.74, 6) is -0.493. The average Bonchev–Trinajstić information content (AvgIpc) is 2.75. The van der Waals surface area contributed by atoms with Gasteiger partial charge in [0.15, 0.2) is 0 Å². The van der Waals surface area contributed by atoms with Crippen LogP contribution < -0.4 is 5.32 Å². The topological polar surface area (TPSA) is 29.1 Å². The molecule has 0 saturated heterocycles. The molecule has 0 fully saturated rings. The summed E-state index contributed by atoms with van der Waals surface area (Å²) in [6, 6.07) is 8.36. The Labute approximate surface area is 109 Å². The number of benzene rings is 1. The molecular weight excluding hydrogens is 249 g/mol. The van der Waals surface area contributed by atoms with E-state index in [0.29, 0.717) is 12.1 Å². The van der Waals surface area contributed by atoms with Crippen LogP contribution >= 0.6 is 11.3 Å². The summed E-state index contributed by atoms with van der Waals surface area (Å²) in [7, 11) is 0. The van der Waals surface area contributed by atoms with E-state index < -0.39 is 0 Å². The first-order valence-corrected chi connectivity index (χ1v) is 6.58. The average molecular weight is 263 g/mol. The fourth-order valence-electron chi connectivity index (χ4n) is 1.64. The van der Waals surface area contributed by atoms with Gasteiger partial charge in [-0.2, -0.15) is 0 Å². The van der Waals surface area contributed by atoms with Crippen molar-refractivity contribution in [3.8, 4) is 0 Å². The van der Waals surface area contributed by atoms with E-state index in [2.05, 4.69) is 5.32 Å². The first-order valence-electron chi connectivity index (χ1n) is 5.70. The monoisotopic (exact) mass is 263 g/mol. The minimum Gasteiger partial charge on any atom is -0.351 e. The number of halogens is 1. The molecule has 2 rings (SSSR count). The highest BCUT2D eigenvalue weighted by atomic mass is 32.1. The lowest BCUT2D eigenvalue weighted by molar-refractivity contribution is -0.120. The van der Waals surface area contributed by atoms with Crippen LogP contribution in [0.3, 0.4) is 0 Å². The lowest BCUT2D eigenvalue weighted by atomic mass is 10.1. The molecule has 1 aromatic carbocycles. The maximum absolute atomic E-state index is 13.3. The van der Waals surface area contributed by atoms with Crippen LogP contribution in [0.15, 0.2) is 35.7 Å². The molecule has 0 radical (unpaired) electrons. The molecule has 0 saturated carbocycles. The fraction of sp³-hybridized carbons (Fsp3) is 0.214. The normalized spacial score (nSPS) is 10.3. The molecule has 94 valence electrons. The maximum atomic E-state index is 13.3. The van der Waals surface area contributed by atoms with Gasteiger partial charge in [0.2, 0.25) is 5.91 Å². The smallest absolute Gasteiger partial charge is 0.224 e. The predicted octanol–water partition coefficient (Wildman–Crippen LogP) is 3.05. The van der Waals surface area contributed by atoms with Gasteiger partial charge in [-0.3, -0.25) is 4.79 Å². The second-order valence-electron chi connectivity index (χ2n) is 4.07. The zero-order chi connectivity index (χ0) is 13.0. The highest BCUT2D eigenvalue weighted by Crippen LogP contribution is 2.15. The van der Waals surface area contributed by atoms with Crippen molar-refractivity contribution in [3.05, 3.63) is 57.5 Å². The Balaban J connectivity index is 1.90. The van der Waals surface area contributed by atoms with E-state index in [1.807, 2.05) is 18.4 Å². The zero-order valence-corrected chi connectivity index (χ0v) is 10.9. The summed E-state index contributed by atoms with van der Waals surface area (Å²) in [4.78, 5) is 12.8. The van der Waals surface area contributed by atoms with E-state index in [1.165, 1.54) is 11.6 Å². The first kappa shape index (κ1) is 12.8. The van der Waals surface area contributed by atoms with Crippen molar-refractivity contribution in [2.45, 2.75) is 19.9 Å². The van der Waals surface area contributed by atoms with Crippen LogP contribution in [-0.2, 0) is 17.8 Å². The summed E-state index contributed by atoms with van der Waals surface area (Å²) in [6.07, 6.45) is 0.0805. The van der Waals surface area contributed by atoms with Gasteiger partial charge in [-0.05, 0) is 35.6 Å². The Bertz CT molecular complexity index is 550. The maximum Gasteiger partial charge on any atom is 0.224 e. The minimum atomic E-state index is -0.333. The van der Waals surface area contributed by atoms with Crippen molar-refractivity contribution in [2.24, 2.45) is 0 Å². The number of nitrogens with one attached hydrogen (secondary N) is 1. The molecule has 4 heteroatoms. The number of hydrogen-bond acceptors (Lipinski definition) is 2. The molecule has 2 nitrogen and oxygen atoms in total. The molecule has 1 aromatic heterocycles. The highest BCUT2D eigenvalue weighted by Gasteiger charge is 2.08. The molecule has 1 heterocycles. The molecule has 2 aromatic rings. The molecular formula is C14H14FNOS. The van der Waals surface area contributed by atoms with E-state index in [9.17, 15) is 9.18 Å². The van der Waals surface area contributed by atoms with Crippen LogP contribution in [0.2, 0.25) is 0 Å². The molecule has 0 unspecified atom stereocenters. The van der Waals surface area contributed by atoms with Crippen molar-refractivity contribution in [2.75, 3.05) is 0 Å². The summed E-state index contributed by atoms with van der Waals surface area (Å²) in [5.41, 5.74) is 1.60.